The summed E-state index contributed by atoms with van der Waals surface area (Å²) in [5.74, 6) is 0. The number of benzene rings is 2. The van der Waals surface area contributed by atoms with E-state index in [2.05, 4.69) is 22.4 Å². The largest absolute Gasteiger partial charge is 0.394 e. The number of aromatic nitrogens is 1. The summed E-state index contributed by atoms with van der Waals surface area (Å²) in [6.07, 6.45) is 0. The molecule has 106 valence electrons. The van der Waals surface area contributed by atoms with Gasteiger partial charge in [-0.2, -0.15) is 0 Å². The molecule has 2 aromatic carbocycles. The van der Waals surface area contributed by atoms with Crippen LogP contribution in [0.2, 0.25) is 0 Å². The van der Waals surface area contributed by atoms with Gasteiger partial charge in [0.15, 0.2) is 0 Å². The van der Waals surface area contributed by atoms with Crippen LogP contribution in [0.25, 0.3) is 10.9 Å². The Morgan fingerprint density at radius 2 is 1.86 bits per heavy atom. The van der Waals surface area contributed by atoms with Crippen LogP contribution in [0.1, 0.15) is 17.3 Å². The lowest BCUT2D eigenvalue weighted by Gasteiger charge is -2.18. The Kier molecular flexibility index (Phi) is 3.84. The molecule has 0 spiro atoms. The second kappa shape index (κ2) is 5.94. The second-order valence-electron chi connectivity index (χ2n) is 5.15. The second-order valence-corrected chi connectivity index (χ2v) is 5.15. The van der Waals surface area contributed by atoms with Crippen molar-refractivity contribution in [3.63, 3.8) is 0 Å². The molecule has 1 aromatic heterocycles. The molecular formula is C18H18N2O. The van der Waals surface area contributed by atoms with Crippen LogP contribution in [0.3, 0.4) is 0 Å². The molecule has 0 saturated heterocycles. The highest BCUT2D eigenvalue weighted by Crippen LogP contribution is 2.23. The molecule has 0 radical (unpaired) electrons. The van der Waals surface area contributed by atoms with Crippen molar-refractivity contribution >= 4 is 16.6 Å². The maximum absolute atomic E-state index is 9.68. The van der Waals surface area contributed by atoms with E-state index >= 15 is 0 Å². The first-order chi connectivity index (χ1) is 10.3. The van der Waals surface area contributed by atoms with E-state index in [4.69, 9.17) is 0 Å². The number of anilines is 1. The first-order valence-corrected chi connectivity index (χ1v) is 7.06. The number of hydrogen-bond acceptors (Lipinski definition) is 3. The van der Waals surface area contributed by atoms with Gasteiger partial charge in [0, 0.05) is 16.8 Å². The molecular weight excluding hydrogens is 260 g/mol. The average molecular weight is 278 g/mol. The lowest BCUT2D eigenvalue weighted by molar-refractivity contribution is 0.276. The minimum Gasteiger partial charge on any atom is -0.394 e. The van der Waals surface area contributed by atoms with Crippen LogP contribution in [-0.4, -0.2) is 16.7 Å². The number of nitrogens with zero attached hydrogens (tertiary/aromatic N) is 1. The number of aliphatic hydroxyl groups is 1. The van der Waals surface area contributed by atoms with E-state index in [1.54, 1.807) is 0 Å². The highest BCUT2D eigenvalue weighted by molar-refractivity contribution is 5.79. The van der Waals surface area contributed by atoms with E-state index in [-0.39, 0.29) is 12.6 Å². The lowest BCUT2D eigenvalue weighted by Crippen LogP contribution is -2.14. The minimum absolute atomic E-state index is 0.0414. The molecule has 3 aromatic rings. The fourth-order valence-corrected chi connectivity index (χ4v) is 2.43. The average Bonchev–Trinajstić information content (AvgIpc) is 2.53. The quantitative estimate of drug-likeness (QED) is 0.765. The maximum Gasteiger partial charge on any atom is 0.0745 e. The number of fused-ring (bicyclic) bond motifs is 1. The van der Waals surface area contributed by atoms with Crippen LogP contribution in [0.5, 0.6) is 0 Å². The Labute approximate surface area is 124 Å². The summed E-state index contributed by atoms with van der Waals surface area (Å²) in [6.45, 7) is 2.03. The lowest BCUT2D eigenvalue weighted by atomic mass is 10.0. The molecule has 0 aliphatic rings. The van der Waals surface area contributed by atoms with E-state index in [1.807, 2.05) is 55.5 Å². The monoisotopic (exact) mass is 278 g/mol. The van der Waals surface area contributed by atoms with E-state index in [0.29, 0.717) is 0 Å². The Morgan fingerprint density at radius 1 is 1.05 bits per heavy atom. The SMILES string of the molecule is Cc1ccc2cc(C(CO)Nc3ccccc3)ccc2n1. The summed E-state index contributed by atoms with van der Waals surface area (Å²) >= 11 is 0. The Bertz CT molecular complexity index is 741. The van der Waals surface area contributed by atoms with E-state index in [0.717, 1.165) is 27.8 Å². The van der Waals surface area contributed by atoms with Crippen molar-refractivity contribution in [2.75, 3.05) is 11.9 Å². The molecule has 0 fully saturated rings. The molecule has 1 atom stereocenters. The van der Waals surface area contributed by atoms with E-state index < -0.39 is 0 Å². The van der Waals surface area contributed by atoms with Crippen molar-refractivity contribution in [3.8, 4) is 0 Å². The molecule has 1 unspecified atom stereocenters. The van der Waals surface area contributed by atoms with Crippen LogP contribution in [0, 0.1) is 6.92 Å². The van der Waals surface area contributed by atoms with Crippen LogP contribution in [0.15, 0.2) is 60.7 Å². The predicted molar refractivity (Wildman–Crippen MR) is 86.4 cm³/mol. The van der Waals surface area contributed by atoms with Gasteiger partial charge in [0.25, 0.3) is 0 Å². The molecule has 21 heavy (non-hydrogen) atoms. The summed E-state index contributed by atoms with van der Waals surface area (Å²) in [6, 6.07) is 20.0. The van der Waals surface area contributed by atoms with E-state index in [9.17, 15) is 5.11 Å². The van der Waals surface area contributed by atoms with Gasteiger partial charge in [-0.3, -0.25) is 4.98 Å². The fourth-order valence-electron chi connectivity index (χ4n) is 2.43. The van der Waals surface area contributed by atoms with Gasteiger partial charge in [-0.05, 0) is 42.8 Å². The molecule has 2 N–H and O–H groups in total. The van der Waals surface area contributed by atoms with Gasteiger partial charge in [-0.1, -0.05) is 30.3 Å². The molecule has 0 aliphatic carbocycles. The normalized spacial score (nSPS) is 12.3. The topological polar surface area (TPSA) is 45.1 Å². The van der Waals surface area contributed by atoms with Crippen molar-refractivity contribution in [1.82, 2.24) is 4.98 Å². The number of aryl methyl sites for hydroxylation is 1. The Morgan fingerprint density at radius 3 is 2.62 bits per heavy atom. The third-order valence-electron chi connectivity index (χ3n) is 3.55. The molecule has 3 heteroatoms. The highest BCUT2D eigenvalue weighted by Gasteiger charge is 2.11. The molecule has 3 nitrogen and oxygen atoms in total. The van der Waals surface area contributed by atoms with Gasteiger partial charge < -0.3 is 10.4 Å². The number of rotatable bonds is 4. The number of hydrogen-bond donors (Lipinski definition) is 2. The Hall–Kier alpha value is -2.39. The minimum atomic E-state index is -0.127. The predicted octanol–water partition coefficient (Wildman–Crippen LogP) is 3.69. The summed E-state index contributed by atoms with van der Waals surface area (Å²) in [5.41, 5.74) is 4.05. The number of nitrogens with one attached hydrogen (secondary N) is 1. The zero-order valence-corrected chi connectivity index (χ0v) is 12.0. The van der Waals surface area contributed by atoms with Crippen molar-refractivity contribution in [2.24, 2.45) is 0 Å². The zero-order chi connectivity index (χ0) is 14.7. The summed E-state index contributed by atoms with van der Waals surface area (Å²) in [7, 11) is 0. The smallest absolute Gasteiger partial charge is 0.0745 e. The van der Waals surface area contributed by atoms with Gasteiger partial charge in [-0.25, -0.2) is 0 Å². The number of para-hydroxylation sites is 1. The molecule has 0 aliphatic heterocycles. The van der Waals surface area contributed by atoms with Crippen molar-refractivity contribution < 1.29 is 5.11 Å². The highest BCUT2D eigenvalue weighted by atomic mass is 16.3. The fraction of sp³-hybridized carbons (Fsp3) is 0.167. The first kappa shape index (κ1) is 13.6. The van der Waals surface area contributed by atoms with Crippen LogP contribution >= 0.6 is 0 Å². The standard InChI is InChI=1S/C18H18N2O/c1-13-7-8-14-11-15(9-10-17(14)19-13)18(12-21)20-16-5-3-2-4-6-16/h2-11,18,20-21H,12H2,1H3. The van der Waals surface area contributed by atoms with Crippen molar-refractivity contribution in [1.29, 1.82) is 0 Å². The third kappa shape index (κ3) is 3.03. The third-order valence-corrected chi connectivity index (χ3v) is 3.55. The number of pyridine rings is 1. The number of aliphatic hydroxyl groups excluding tert-OH is 1. The van der Waals surface area contributed by atoms with Crippen LogP contribution in [0.4, 0.5) is 5.69 Å². The summed E-state index contributed by atoms with van der Waals surface area (Å²) in [4.78, 5) is 4.50. The van der Waals surface area contributed by atoms with Gasteiger partial charge in [0.05, 0.1) is 18.2 Å². The Balaban J connectivity index is 1.91. The molecule has 0 saturated carbocycles. The first-order valence-electron chi connectivity index (χ1n) is 7.06. The van der Waals surface area contributed by atoms with Crippen LogP contribution in [-0.2, 0) is 0 Å². The van der Waals surface area contributed by atoms with Crippen molar-refractivity contribution in [3.05, 3.63) is 71.9 Å². The summed E-state index contributed by atoms with van der Waals surface area (Å²) < 4.78 is 0. The molecule has 1 heterocycles. The van der Waals surface area contributed by atoms with Crippen LogP contribution < -0.4 is 5.32 Å². The van der Waals surface area contributed by atoms with Gasteiger partial charge in [0.1, 0.15) is 0 Å². The van der Waals surface area contributed by atoms with E-state index in [1.165, 1.54) is 0 Å². The molecule has 3 rings (SSSR count). The van der Waals surface area contributed by atoms with Gasteiger partial charge >= 0.3 is 0 Å². The summed E-state index contributed by atoms with van der Waals surface area (Å²) in [5, 5.41) is 14.1. The van der Waals surface area contributed by atoms with Crippen molar-refractivity contribution in [2.45, 2.75) is 13.0 Å². The van der Waals surface area contributed by atoms with Gasteiger partial charge in [0.2, 0.25) is 0 Å². The molecule has 0 bridgehead atoms. The molecule has 0 amide bonds. The maximum atomic E-state index is 9.68. The van der Waals surface area contributed by atoms with Gasteiger partial charge in [-0.15, -0.1) is 0 Å². The zero-order valence-electron chi connectivity index (χ0n) is 12.0.